The Kier molecular flexibility index (Phi) is 6.50. The Hall–Kier alpha value is -0.410. The van der Waals surface area contributed by atoms with Crippen molar-refractivity contribution >= 4 is 5.78 Å². The van der Waals surface area contributed by atoms with Gasteiger partial charge in [0.05, 0.1) is 13.2 Å². The fourth-order valence-corrected chi connectivity index (χ4v) is 3.71. The fourth-order valence-electron chi connectivity index (χ4n) is 3.71. The zero-order valence-corrected chi connectivity index (χ0v) is 13.3. The summed E-state index contributed by atoms with van der Waals surface area (Å²) < 4.78 is 5.71. The summed E-state index contributed by atoms with van der Waals surface area (Å²) in [7, 11) is 0. The van der Waals surface area contributed by atoms with E-state index in [9.17, 15) is 4.79 Å². The van der Waals surface area contributed by atoms with Gasteiger partial charge in [-0.25, -0.2) is 0 Å². The van der Waals surface area contributed by atoms with Crippen LogP contribution >= 0.6 is 0 Å². The Bertz CT molecular complexity index is 299. The molecule has 0 aromatic rings. The van der Waals surface area contributed by atoms with Crippen LogP contribution < -0.4 is 0 Å². The first-order valence-electron chi connectivity index (χ1n) is 8.47. The van der Waals surface area contributed by atoms with Gasteiger partial charge in [-0.15, -0.1) is 0 Å². The lowest BCUT2D eigenvalue weighted by molar-refractivity contribution is -0.125. The van der Waals surface area contributed by atoms with Crippen LogP contribution in [0.4, 0.5) is 0 Å². The largest absolute Gasteiger partial charge is 0.373 e. The third-order valence-electron chi connectivity index (χ3n) is 5.05. The van der Waals surface area contributed by atoms with Crippen molar-refractivity contribution in [2.45, 2.75) is 52.4 Å². The predicted molar refractivity (Wildman–Crippen MR) is 81.8 cm³/mol. The standard InChI is InChI=1S/C17H31NO2/c1-14-6-7-16(15(2)10-14)12-20-13-17(19)11-18-8-4-3-5-9-18/h14-16H,3-13H2,1-2H3. The SMILES string of the molecule is CC1CCC(COCC(=O)CN2CCCCC2)C(C)C1. The van der Waals surface area contributed by atoms with E-state index in [1.54, 1.807) is 0 Å². The lowest BCUT2D eigenvalue weighted by Crippen LogP contribution is -2.36. The molecule has 0 aromatic heterocycles. The molecule has 0 radical (unpaired) electrons. The highest BCUT2D eigenvalue weighted by Gasteiger charge is 2.25. The van der Waals surface area contributed by atoms with E-state index < -0.39 is 0 Å². The van der Waals surface area contributed by atoms with Crippen molar-refractivity contribution < 1.29 is 9.53 Å². The number of carbonyl (C=O) groups is 1. The van der Waals surface area contributed by atoms with E-state index in [1.165, 1.54) is 38.5 Å². The first kappa shape index (κ1) is 16.0. The molecular weight excluding hydrogens is 250 g/mol. The minimum Gasteiger partial charge on any atom is -0.373 e. The van der Waals surface area contributed by atoms with Gasteiger partial charge in [-0.05, 0) is 56.5 Å². The van der Waals surface area contributed by atoms with Crippen LogP contribution in [0.25, 0.3) is 0 Å². The predicted octanol–water partition coefficient (Wildman–Crippen LogP) is 3.13. The van der Waals surface area contributed by atoms with E-state index in [0.717, 1.165) is 31.5 Å². The number of rotatable bonds is 6. The molecule has 1 saturated carbocycles. The summed E-state index contributed by atoms with van der Waals surface area (Å²) in [6.07, 6.45) is 7.70. The molecule has 2 aliphatic rings. The lowest BCUT2D eigenvalue weighted by Gasteiger charge is -2.32. The number of hydrogen-bond acceptors (Lipinski definition) is 3. The molecule has 0 bridgehead atoms. The molecule has 116 valence electrons. The van der Waals surface area contributed by atoms with Gasteiger partial charge in [-0.1, -0.05) is 26.7 Å². The number of carbonyl (C=O) groups excluding carboxylic acids is 1. The van der Waals surface area contributed by atoms with Crippen molar-refractivity contribution in [3.8, 4) is 0 Å². The molecule has 3 heteroatoms. The number of nitrogens with zero attached hydrogens (tertiary/aromatic N) is 1. The summed E-state index contributed by atoms with van der Waals surface area (Å²) in [5.41, 5.74) is 0. The highest BCUT2D eigenvalue weighted by Crippen LogP contribution is 2.33. The number of ether oxygens (including phenoxy) is 1. The zero-order valence-electron chi connectivity index (χ0n) is 13.3. The normalized spacial score (nSPS) is 32.2. The monoisotopic (exact) mass is 281 g/mol. The summed E-state index contributed by atoms with van der Waals surface area (Å²) in [4.78, 5) is 14.2. The molecule has 0 amide bonds. The van der Waals surface area contributed by atoms with Gasteiger partial charge in [0.25, 0.3) is 0 Å². The van der Waals surface area contributed by atoms with Crippen molar-refractivity contribution in [2.75, 3.05) is 32.8 Å². The second kappa shape index (κ2) is 8.14. The van der Waals surface area contributed by atoms with Gasteiger partial charge in [0, 0.05) is 0 Å². The van der Waals surface area contributed by atoms with Crippen LogP contribution in [0, 0.1) is 17.8 Å². The van der Waals surface area contributed by atoms with Crippen molar-refractivity contribution in [1.29, 1.82) is 0 Å². The minimum atomic E-state index is 0.253. The Morgan fingerprint density at radius 1 is 1.15 bits per heavy atom. The molecule has 20 heavy (non-hydrogen) atoms. The smallest absolute Gasteiger partial charge is 0.172 e. The quantitative estimate of drug-likeness (QED) is 0.749. The zero-order chi connectivity index (χ0) is 14.4. The molecule has 3 atom stereocenters. The molecule has 2 rings (SSSR count). The molecule has 3 unspecified atom stereocenters. The second-order valence-electron chi connectivity index (χ2n) is 7.05. The summed E-state index contributed by atoms with van der Waals surface area (Å²) in [5, 5.41) is 0. The Balaban J connectivity index is 1.59. The van der Waals surface area contributed by atoms with Crippen LogP contribution in [-0.4, -0.2) is 43.5 Å². The van der Waals surface area contributed by atoms with Gasteiger partial charge >= 0.3 is 0 Å². The average molecular weight is 281 g/mol. The minimum absolute atomic E-state index is 0.253. The van der Waals surface area contributed by atoms with Crippen LogP contribution in [0.3, 0.4) is 0 Å². The van der Waals surface area contributed by atoms with E-state index >= 15 is 0 Å². The van der Waals surface area contributed by atoms with Crippen molar-refractivity contribution in [3.05, 3.63) is 0 Å². The van der Waals surface area contributed by atoms with Gasteiger partial charge < -0.3 is 4.74 Å². The second-order valence-corrected chi connectivity index (χ2v) is 7.05. The number of likely N-dealkylation sites (tertiary alicyclic amines) is 1. The van der Waals surface area contributed by atoms with E-state index in [2.05, 4.69) is 18.7 Å². The van der Waals surface area contributed by atoms with Crippen molar-refractivity contribution in [3.63, 3.8) is 0 Å². The van der Waals surface area contributed by atoms with Gasteiger partial charge in [0.1, 0.15) is 6.61 Å². The molecule has 0 spiro atoms. The molecule has 2 fully saturated rings. The molecule has 0 N–H and O–H groups in total. The van der Waals surface area contributed by atoms with Gasteiger partial charge in [0.2, 0.25) is 0 Å². The Morgan fingerprint density at radius 3 is 2.60 bits per heavy atom. The van der Waals surface area contributed by atoms with Gasteiger partial charge in [-0.2, -0.15) is 0 Å². The number of piperidine rings is 1. The molecule has 1 saturated heterocycles. The summed E-state index contributed by atoms with van der Waals surface area (Å²) in [6, 6.07) is 0. The number of Topliss-reactive ketones (excluding diaryl/α,β-unsaturated/α-hetero) is 1. The highest BCUT2D eigenvalue weighted by atomic mass is 16.5. The lowest BCUT2D eigenvalue weighted by atomic mass is 9.76. The molecule has 3 nitrogen and oxygen atoms in total. The van der Waals surface area contributed by atoms with E-state index in [0.29, 0.717) is 19.1 Å². The molecular formula is C17H31NO2. The maximum atomic E-state index is 11.9. The summed E-state index contributed by atoms with van der Waals surface area (Å²) in [6.45, 7) is 8.54. The molecule has 1 heterocycles. The van der Waals surface area contributed by atoms with E-state index in [4.69, 9.17) is 4.74 Å². The molecule has 1 aliphatic heterocycles. The summed E-state index contributed by atoms with van der Waals surface area (Å²) in [5.74, 6) is 2.52. The first-order valence-corrected chi connectivity index (χ1v) is 8.47. The topological polar surface area (TPSA) is 29.5 Å². The van der Waals surface area contributed by atoms with E-state index in [-0.39, 0.29) is 5.78 Å². The summed E-state index contributed by atoms with van der Waals surface area (Å²) >= 11 is 0. The van der Waals surface area contributed by atoms with Crippen LogP contribution in [0.15, 0.2) is 0 Å². The number of hydrogen-bond donors (Lipinski definition) is 0. The van der Waals surface area contributed by atoms with Gasteiger partial charge in [-0.3, -0.25) is 9.69 Å². The first-order chi connectivity index (χ1) is 9.65. The maximum Gasteiger partial charge on any atom is 0.172 e. The fraction of sp³-hybridized carbons (Fsp3) is 0.941. The molecule has 0 aromatic carbocycles. The Labute approximate surface area is 124 Å². The van der Waals surface area contributed by atoms with Crippen molar-refractivity contribution in [2.24, 2.45) is 17.8 Å². The maximum absolute atomic E-state index is 11.9. The number of ketones is 1. The molecule has 1 aliphatic carbocycles. The third-order valence-corrected chi connectivity index (χ3v) is 5.05. The van der Waals surface area contributed by atoms with Gasteiger partial charge in [0.15, 0.2) is 5.78 Å². The van der Waals surface area contributed by atoms with E-state index in [1.807, 2.05) is 0 Å². The van der Waals surface area contributed by atoms with Crippen LogP contribution in [0.2, 0.25) is 0 Å². The average Bonchev–Trinajstić information content (AvgIpc) is 2.42. The van der Waals surface area contributed by atoms with Crippen LogP contribution in [0.5, 0.6) is 0 Å². The van der Waals surface area contributed by atoms with Crippen LogP contribution in [-0.2, 0) is 9.53 Å². The van der Waals surface area contributed by atoms with Crippen molar-refractivity contribution in [1.82, 2.24) is 4.90 Å². The highest BCUT2D eigenvalue weighted by molar-refractivity contribution is 5.81. The van der Waals surface area contributed by atoms with Crippen LogP contribution in [0.1, 0.15) is 52.4 Å². The Morgan fingerprint density at radius 2 is 1.90 bits per heavy atom. The third kappa shape index (κ3) is 5.17.